The molecular formula is C17H15FN2O2S. The lowest BCUT2D eigenvalue weighted by atomic mass is 10.1. The normalized spacial score (nSPS) is 12.3. The van der Waals surface area contributed by atoms with Crippen LogP contribution in [0, 0.1) is 5.82 Å². The van der Waals surface area contributed by atoms with E-state index in [9.17, 15) is 14.0 Å². The number of carbonyl (C=O) groups is 1. The number of rotatable bonds is 4. The number of halogens is 1. The van der Waals surface area contributed by atoms with E-state index in [2.05, 4.69) is 10.3 Å². The summed E-state index contributed by atoms with van der Waals surface area (Å²) in [5.74, 6) is -0.799. The van der Waals surface area contributed by atoms with Gasteiger partial charge >= 0.3 is 0 Å². The molecule has 2 aromatic heterocycles. The number of aromatic amines is 1. The second kappa shape index (κ2) is 6.34. The lowest BCUT2D eigenvalue weighted by Gasteiger charge is -2.14. The van der Waals surface area contributed by atoms with Crippen LogP contribution in [0.5, 0.6) is 0 Å². The van der Waals surface area contributed by atoms with Crippen molar-refractivity contribution < 1.29 is 9.18 Å². The summed E-state index contributed by atoms with van der Waals surface area (Å²) in [7, 11) is 0. The third kappa shape index (κ3) is 3.48. The van der Waals surface area contributed by atoms with Crippen molar-refractivity contribution in [3.05, 3.63) is 68.4 Å². The molecule has 1 aromatic carbocycles. The molecule has 0 aliphatic carbocycles. The van der Waals surface area contributed by atoms with Crippen molar-refractivity contribution in [2.24, 2.45) is 0 Å². The second-order valence-electron chi connectivity index (χ2n) is 5.45. The number of carbonyl (C=O) groups excluding carboxylic acids is 1. The van der Waals surface area contributed by atoms with E-state index in [1.165, 1.54) is 24.3 Å². The number of hydrogen-bond acceptors (Lipinski definition) is 3. The third-order valence-corrected chi connectivity index (χ3v) is 4.28. The zero-order valence-corrected chi connectivity index (χ0v) is 13.2. The summed E-state index contributed by atoms with van der Waals surface area (Å²) in [6, 6.07) is 7.16. The largest absolute Gasteiger partial charge is 0.349 e. The molecule has 0 fully saturated rings. The fraction of sp³-hybridized carbons (Fsp3) is 0.176. The van der Waals surface area contributed by atoms with Gasteiger partial charge in [-0.05, 0) is 53.9 Å². The van der Waals surface area contributed by atoms with Gasteiger partial charge in [0.05, 0.1) is 11.1 Å². The van der Waals surface area contributed by atoms with Gasteiger partial charge in [-0.1, -0.05) is 0 Å². The smallest absolute Gasteiger partial charge is 0.252 e. The Morgan fingerprint density at radius 1 is 1.35 bits per heavy atom. The summed E-state index contributed by atoms with van der Waals surface area (Å²) >= 11 is 1.61. The SMILES string of the molecule is CC(Cc1ccsc1)NC(=O)c1cc(=O)[nH]c2cc(F)ccc12. The topological polar surface area (TPSA) is 62.0 Å². The molecule has 1 atom stereocenters. The van der Waals surface area contributed by atoms with Crippen molar-refractivity contribution in [3.8, 4) is 0 Å². The van der Waals surface area contributed by atoms with E-state index in [4.69, 9.17) is 0 Å². The Hall–Kier alpha value is -2.47. The lowest BCUT2D eigenvalue weighted by molar-refractivity contribution is 0.0941. The van der Waals surface area contributed by atoms with Gasteiger partial charge in [0.15, 0.2) is 0 Å². The van der Waals surface area contributed by atoms with E-state index >= 15 is 0 Å². The van der Waals surface area contributed by atoms with Crippen LogP contribution in [0.4, 0.5) is 4.39 Å². The minimum Gasteiger partial charge on any atom is -0.349 e. The maximum Gasteiger partial charge on any atom is 0.252 e. The average molecular weight is 330 g/mol. The molecule has 3 rings (SSSR count). The Kier molecular flexibility index (Phi) is 4.25. The van der Waals surface area contributed by atoms with E-state index in [1.54, 1.807) is 11.3 Å². The fourth-order valence-corrected chi connectivity index (χ4v) is 3.22. The van der Waals surface area contributed by atoms with E-state index in [1.807, 2.05) is 23.8 Å². The third-order valence-electron chi connectivity index (χ3n) is 3.55. The van der Waals surface area contributed by atoms with Gasteiger partial charge in [-0.25, -0.2) is 4.39 Å². The van der Waals surface area contributed by atoms with E-state index < -0.39 is 11.4 Å². The molecule has 4 nitrogen and oxygen atoms in total. The monoisotopic (exact) mass is 330 g/mol. The van der Waals surface area contributed by atoms with Gasteiger partial charge in [0.1, 0.15) is 5.82 Å². The Balaban J connectivity index is 1.87. The van der Waals surface area contributed by atoms with Crippen molar-refractivity contribution in [3.63, 3.8) is 0 Å². The number of hydrogen-bond donors (Lipinski definition) is 2. The van der Waals surface area contributed by atoms with E-state index in [0.717, 1.165) is 5.56 Å². The van der Waals surface area contributed by atoms with E-state index in [0.29, 0.717) is 17.3 Å². The van der Waals surface area contributed by atoms with Crippen LogP contribution < -0.4 is 10.9 Å². The van der Waals surface area contributed by atoms with Crippen LogP contribution in [0.2, 0.25) is 0 Å². The zero-order valence-electron chi connectivity index (χ0n) is 12.4. The molecule has 0 saturated carbocycles. The minimum atomic E-state index is -0.462. The Morgan fingerprint density at radius 2 is 2.17 bits per heavy atom. The number of H-pyrrole nitrogens is 1. The Labute approximate surface area is 136 Å². The molecular weight excluding hydrogens is 315 g/mol. The molecule has 0 aliphatic rings. The standard InChI is InChI=1S/C17H15FN2O2S/c1-10(6-11-4-5-23-9-11)19-17(22)14-8-16(21)20-15-7-12(18)2-3-13(14)15/h2-5,7-10H,6H2,1H3,(H,19,22)(H,20,21). The highest BCUT2D eigenvalue weighted by Crippen LogP contribution is 2.17. The van der Waals surface area contributed by atoms with E-state index in [-0.39, 0.29) is 17.5 Å². The van der Waals surface area contributed by atoms with Gasteiger partial charge in [-0.2, -0.15) is 11.3 Å². The molecule has 2 N–H and O–H groups in total. The van der Waals surface area contributed by atoms with Gasteiger partial charge < -0.3 is 10.3 Å². The van der Waals surface area contributed by atoms with Crippen molar-refractivity contribution >= 4 is 28.1 Å². The van der Waals surface area contributed by atoms with Crippen LogP contribution in [0.25, 0.3) is 10.9 Å². The predicted octanol–water partition coefficient (Wildman–Crippen LogP) is 3.09. The number of thiophene rings is 1. The molecule has 1 unspecified atom stereocenters. The Morgan fingerprint density at radius 3 is 2.91 bits per heavy atom. The van der Waals surface area contributed by atoms with Crippen LogP contribution in [0.1, 0.15) is 22.8 Å². The molecule has 118 valence electrons. The molecule has 2 heterocycles. The summed E-state index contributed by atoms with van der Waals surface area (Å²) in [4.78, 5) is 26.7. The first-order valence-electron chi connectivity index (χ1n) is 7.17. The fourth-order valence-electron chi connectivity index (χ4n) is 2.54. The van der Waals surface area contributed by atoms with Crippen molar-refractivity contribution in [1.29, 1.82) is 0 Å². The summed E-state index contributed by atoms with van der Waals surface area (Å²) in [6.07, 6.45) is 0.713. The first kappa shape index (κ1) is 15.4. The van der Waals surface area contributed by atoms with Crippen LogP contribution in [0.15, 0.2) is 45.9 Å². The summed E-state index contributed by atoms with van der Waals surface area (Å²) in [5, 5.41) is 7.43. The number of benzene rings is 1. The average Bonchev–Trinajstić information content (AvgIpc) is 2.98. The first-order chi connectivity index (χ1) is 11.0. The predicted molar refractivity (Wildman–Crippen MR) is 89.5 cm³/mol. The molecule has 0 radical (unpaired) electrons. The van der Waals surface area contributed by atoms with Gasteiger partial charge in [-0.15, -0.1) is 0 Å². The maximum atomic E-state index is 13.3. The lowest BCUT2D eigenvalue weighted by Crippen LogP contribution is -2.34. The quantitative estimate of drug-likeness (QED) is 0.772. The van der Waals surface area contributed by atoms with Crippen LogP contribution in [0.3, 0.4) is 0 Å². The number of nitrogens with one attached hydrogen (secondary N) is 2. The molecule has 3 aromatic rings. The van der Waals surface area contributed by atoms with Crippen LogP contribution in [-0.4, -0.2) is 16.9 Å². The molecule has 23 heavy (non-hydrogen) atoms. The van der Waals surface area contributed by atoms with Gasteiger partial charge in [0.25, 0.3) is 5.91 Å². The minimum absolute atomic E-state index is 0.0770. The highest BCUT2D eigenvalue weighted by Gasteiger charge is 2.15. The number of pyridine rings is 1. The number of amides is 1. The second-order valence-corrected chi connectivity index (χ2v) is 6.23. The van der Waals surface area contributed by atoms with Gasteiger partial charge in [-0.3, -0.25) is 9.59 Å². The maximum absolute atomic E-state index is 13.3. The first-order valence-corrected chi connectivity index (χ1v) is 8.12. The molecule has 6 heteroatoms. The molecule has 0 aliphatic heterocycles. The van der Waals surface area contributed by atoms with Crippen molar-refractivity contribution in [2.75, 3.05) is 0 Å². The van der Waals surface area contributed by atoms with Crippen LogP contribution >= 0.6 is 11.3 Å². The molecule has 1 amide bonds. The highest BCUT2D eigenvalue weighted by atomic mass is 32.1. The number of aromatic nitrogens is 1. The van der Waals surface area contributed by atoms with Gasteiger partial charge in [0, 0.05) is 17.5 Å². The Bertz CT molecular complexity index is 903. The van der Waals surface area contributed by atoms with Gasteiger partial charge in [0.2, 0.25) is 5.56 Å². The highest BCUT2D eigenvalue weighted by molar-refractivity contribution is 7.07. The molecule has 0 bridgehead atoms. The molecule has 0 spiro atoms. The van der Waals surface area contributed by atoms with Crippen molar-refractivity contribution in [2.45, 2.75) is 19.4 Å². The number of fused-ring (bicyclic) bond motifs is 1. The summed E-state index contributed by atoms with van der Waals surface area (Å²) < 4.78 is 13.3. The molecule has 0 saturated heterocycles. The summed E-state index contributed by atoms with van der Waals surface area (Å²) in [5.41, 5.74) is 1.29. The van der Waals surface area contributed by atoms with Crippen molar-refractivity contribution in [1.82, 2.24) is 10.3 Å². The van der Waals surface area contributed by atoms with Crippen LogP contribution in [-0.2, 0) is 6.42 Å². The summed E-state index contributed by atoms with van der Waals surface area (Å²) in [6.45, 7) is 1.91. The zero-order chi connectivity index (χ0) is 16.4.